The Balaban J connectivity index is 1.64. The summed E-state index contributed by atoms with van der Waals surface area (Å²) < 4.78 is 4.53. The first-order valence-electron chi connectivity index (χ1n) is 7.85. The van der Waals surface area contributed by atoms with Crippen LogP contribution in [0.2, 0.25) is 0 Å². The smallest absolute Gasteiger partial charge is 0.316 e. The summed E-state index contributed by atoms with van der Waals surface area (Å²) in [5, 5.41) is 13.4. The number of nitrogens with zero attached hydrogens (tertiary/aromatic N) is 6. The molecule has 1 N–H and O–H groups in total. The predicted octanol–water partition coefficient (Wildman–Crippen LogP) is 1.29. The number of hydrogen-bond donors (Lipinski definition) is 1. The molecule has 0 atom stereocenters. The van der Waals surface area contributed by atoms with E-state index in [0.29, 0.717) is 30.7 Å². The van der Waals surface area contributed by atoms with Crippen LogP contribution in [0.5, 0.6) is 0 Å². The number of amides is 1. The van der Waals surface area contributed by atoms with Crippen LogP contribution in [0, 0.1) is 0 Å². The number of fused-ring (bicyclic) bond motifs is 1. The van der Waals surface area contributed by atoms with Gasteiger partial charge in [-0.1, -0.05) is 17.4 Å². The van der Waals surface area contributed by atoms with E-state index in [1.54, 1.807) is 30.8 Å². The maximum Gasteiger partial charge on any atom is 0.332 e. The number of carbonyl (C=O) groups excluding carboxylic acids is 1. The number of imidazole rings is 1. The second kappa shape index (κ2) is 7.00. The van der Waals surface area contributed by atoms with Gasteiger partial charge in [-0.25, -0.2) is 9.78 Å². The molecule has 0 unspecified atom stereocenters. The summed E-state index contributed by atoms with van der Waals surface area (Å²) in [6, 6.07) is 3.52. The fourth-order valence-corrected chi connectivity index (χ4v) is 4.85. The molecule has 4 aromatic heterocycles. The molecule has 0 aromatic carbocycles. The maximum absolute atomic E-state index is 12.4. The molecule has 144 valence electrons. The topological polar surface area (TPSA) is 117 Å². The molecule has 28 heavy (non-hydrogen) atoms. The molecule has 4 aromatic rings. The zero-order chi connectivity index (χ0) is 20.0. The number of aryl methyl sites for hydroxylation is 2. The first-order chi connectivity index (χ1) is 13.4. The molecule has 13 heteroatoms. The van der Waals surface area contributed by atoms with Gasteiger partial charge in [0.15, 0.2) is 20.7 Å². The molecule has 1 amide bonds. The average molecular weight is 436 g/mol. The van der Waals surface area contributed by atoms with E-state index in [1.807, 2.05) is 5.38 Å². The van der Waals surface area contributed by atoms with Crippen LogP contribution in [0.4, 0.5) is 5.13 Å². The van der Waals surface area contributed by atoms with E-state index in [-0.39, 0.29) is 5.91 Å². The van der Waals surface area contributed by atoms with Gasteiger partial charge in [0, 0.05) is 21.1 Å². The zero-order valence-electron chi connectivity index (χ0n) is 14.9. The van der Waals surface area contributed by atoms with Gasteiger partial charge in [0.05, 0.1) is 4.88 Å². The molecule has 0 bridgehead atoms. The fourth-order valence-electron chi connectivity index (χ4n) is 2.54. The van der Waals surface area contributed by atoms with E-state index < -0.39 is 11.2 Å². The van der Waals surface area contributed by atoms with Crippen LogP contribution in [0.25, 0.3) is 11.2 Å². The molecular formula is C15H13N7O3S3. The molecule has 0 aliphatic rings. The lowest BCUT2D eigenvalue weighted by Crippen LogP contribution is -2.37. The van der Waals surface area contributed by atoms with Gasteiger partial charge >= 0.3 is 5.69 Å². The standard InChI is InChI=1S/C15H13N7O3S3/c1-20-8-9(21(2)15(25)22(3)11(8)24)16-13(20)28-14-19-18-12(27-14)17-10(23)7-5-4-6-26-7/h4-6H,1-3H3,(H,17,18,23). The van der Waals surface area contributed by atoms with Crippen LogP contribution >= 0.6 is 34.4 Å². The highest BCUT2D eigenvalue weighted by atomic mass is 32.2. The Morgan fingerprint density at radius 2 is 1.93 bits per heavy atom. The minimum absolute atomic E-state index is 0.246. The molecule has 0 saturated carbocycles. The summed E-state index contributed by atoms with van der Waals surface area (Å²) in [6.45, 7) is 0. The lowest BCUT2D eigenvalue weighted by molar-refractivity contribution is 0.103. The van der Waals surface area contributed by atoms with Crippen molar-refractivity contribution in [3.8, 4) is 0 Å². The lowest BCUT2D eigenvalue weighted by Gasteiger charge is -2.03. The van der Waals surface area contributed by atoms with E-state index in [9.17, 15) is 14.4 Å². The number of aromatic nitrogens is 6. The van der Waals surface area contributed by atoms with Crippen molar-refractivity contribution >= 4 is 56.6 Å². The van der Waals surface area contributed by atoms with Gasteiger partial charge < -0.3 is 4.57 Å². The second-order valence-electron chi connectivity index (χ2n) is 5.74. The third kappa shape index (κ3) is 3.06. The summed E-state index contributed by atoms with van der Waals surface area (Å²) in [5.41, 5.74) is -0.237. The second-order valence-corrected chi connectivity index (χ2v) is 8.88. The predicted molar refractivity (Wildman–Crippen MR) is 108 cm³/mol. The summed E-state index contributed by atoms with van der Waals surface area (Å²) in [5.74, 6) is -0.246. The highest BCUT2D eigenvalue weighted by molar-refractivity contribution is 8.01. The Labute approximate surface area is 169 Å². The van der Waals surface area contributed by atoms with Crippen molar-refractivity contribution in [2.75, 3.05) is 5.32 Å². The quantitative estimate of drug-likeness (QED) is 0.480. The Hall–Kier alpha value is -2.77. The van der Waals surface area contributed by atoms with Gasteiger partial charge in [0.2, 0.25) is 5.13 Å². The third-order valence-corrected chi connectivity index (χ3v) is 6.79. The van der Waals surface area contributed by atoms with E-state index in [1.165, 1.54) is 46.1 Å². The molecule has 0 saturated heterocycles. The van der Waals surface area contributed by atoms with Crippen molar-refractivity contribution in [1.29, 1.82) is 0 Å². The van der Waals surface area contributed by atoms with Gasteiger partial charge in [-0.05, 0) is 23.2 Å². The molecule has 0 fully saturated rings. The first-order valence-corrected chi connectivity index (χ1v) is 10.4. The molecular weight excluding hydrogens is 422 g/mol. The van der Waals surface area contributed by atoms with Crippen molar-refractivity contribution in [2.24, 2.45) is 21.1 Å². The van der Waals surface area contributed by atoms with Crippen LogP contribution in [0.15, 0.2) is 36.6 Å². The summed E-state index contributed by atoms with van der Waals surface area (Å²) in [4.78, 5) is 41.6. The van der Waals surface area contributed by atoms with Crippen molar-refractivity contribution in [1.82, 2.24) is 28.9 Å². The number of carbonyl (C=O) groups is 1. The molecule has 4 heterocycles. The van der Waals surface area contributed by atoms with Crippen LogP contribution < -0.4 is 16.6 Å². The SMILES string of the molecule is Cn1c(=O)c2c(nc(Sc3nnc(NC(=O)c4cccs4)s3)n2C)n(C)c1=O. The fraction of sp³-hybridized carbons (Fsp3) is 0.200. The van der Waals surface area contributed by atoms with Crippen LogP contribution in [0.1, 0.15) is 9.67 Å². The number of thiophene rings is 1. The number of hydrogen-bond acceptors (Lipinski definition) is 9. The van der Waals surface area contributed by atoms with Gasteiger partial charge in [-0.15, -0.1) is 21.5 Å². The van der Waals surface area contributed by atoms with Crippen LogP contribution in [-0.2, 0) is 21.1 Å². The molecule has 0 spiro atoms. The lowest BCUT2D eigenvalue weighted by atomic mass is 10.4. The number of nitrogens with one attached hydrogen (secondary N) is 1. The summed E-state index contributed by atoms with van der Waals surface area (Å²) in [6.07, 6.45) is 0. The monoisotopic (exact) mass is 435 g/mol. The molecule has 0 aliphatic heterocycles. The van der Waals surface area contributed by atoms with Gasteiger partial charge in [-0.3, -0.25) is 24.0 Å². The minimum atomic E-state index is -0.443. The van der Waals surface area contributed by atoms with Crippen molar-refractivity contribution in [3.63, 3.8) is 0 Å². The summed E-state index contributed by atoms with van der Waals surface area (Å²) >= 11 is 3.73. The van der Waals surface area contributed by atoms with Crippen molar-refractivity contribution in [3.05, 3.63) is 43.2 Å². The number of anilines is 1. The number of rotatable bonds is 4. The average Bonchev–Trinajstić information content (AvgIpc) is 3.40. The Morgan fingerprint density at radius 3 is 2.64 bits per heavy atom. The minimum Gasteiger partial charge on any atom is -0.316 e. The van der Waals surface area contributed by atoms with E-state index in [4.69, 9.17) is 0 Å². The van der Waals surface area contributed by atoms with Gasteiger partial charge in [0.1, 0.15) is 0 Å². The maximum atomic E-state index is 12.4. The highest BCUT2D eigenvalue weighted by Crippen LogP contribution is 2.32. The third-order valence-electron chi connectivity index (χ3n) is 3.98. The van der Waals surface area contributed by atoms with Crippen molar-refractivity contribution in [2.45, 2.75) is 9.50 Å². The summed E-state index contributed by atoms with van der Waals surface area (Å²) in [7, 11) is 4.69. The molecule has 0 radical (unpaired) electrons. The van der Waals surface area contributed by atoms with Gasteiger partial charge in [-0.2, -0.15) is 0 Å². The van der Waals surface area contributed by atoms with Crippen LogP contribution in [-0.4, -0.2) is 34.8 Å². The highest BCUT2D eigenvalue weighted by Gasteiger charge is 2.19. The molecule has 0 aliphatic carbocycles. The Morgan fingerprint density at radius 1 is 1.14 bits per heavy atom. The first kappa shape index (κ1) is 18.6. The van der Waals surface area contributed by atoms with Crippen molar-refractivity contribution < 1.29 is 4.79 Å². The Bertz CT molecular complexity index is 1310. The normalized spacial score (nSPS) is 11.2. The molecule has 10 nitrogen and oxygen atoms in total. The molecule has 4 rings (SSSR count). The Kier molecular flexibility index (Phi) is 4.64. The van der Waals surface area contributed by atoms with Gasteiger partial charge in [0.25, 0.3) is 11.5 Å². The van der Waals surface area contributed by atoms with E-state index in [0.717, 1.165) is 4.57 Å². The zero-order valence-corrected chi connectivity index (χ0v) is 17.3. The largest absolute Gasteiger partial charge is 0.332 e. The van der Waals surface area contributed by atoms with E-state index >= 15 is 0 Å². The van der Waals surface area contributed by atoms with E-state index in [2.05, 4.69) is 20.5 Å². The van der Waals surface area contributed by atoms with Crippen LogP contribution in [0.3, 0.4) is 0 Å².